The number of quaternary nitrogens is 1. The molecule has 0 aliphatic carbocycles. The molecule has 7 nitrogen and oxygen atoms in total. The van der Waals surface area contributed by atoms with Gasteiger partial charge in [-0.3, -0.25) is 0 Å². The van der Waals surface area contributed by atoms with E-state index in [0.717, 1.165) is 12.1 Å². The monoisotopic (exact) mass is 330 g/mol. The zero-order valence-electron chi connectivity index (χ0n) is 13.9. The minimum absolute atomic E-state index is 0.0343. The van der Waals surface area contributed by atoms with E-state index in [1.54, 1.807) is 14.2 Å². The Morgan fingerprint density at radius 1 is 1.09 bits per heavy atom. The standard InChI is InChI=1S/C16H27NO6/c1-20-15-4-3-13(9-16(15)21-2)11-23-12-14(19)10-17-5-7-22-8-6-18/h3-4,9,14,17-19H,5-8,10-12H2,1-2H3/p+1/t14-/m1/s1. The lowest BCUT2D eigenvalue weighted by molar-refractivity contribution is -0.662. The van der Waals surface area contributed by atoms with Crippen LogP contribution in [-0.4, -0.2) is 70.1 Å². The van der Waals surface area contributed by atoms with E-state index in [0.29, 0.717) is 37.9 Å². The lowest BCUT2D eigenvalue weighted by Crippen LogP contribution is -2.87. The second-order valence-corrected chi connectivity index (χ2v) is 5.01. The third-order valence-corrected chi connectivity index (χ3v) is 3.17. The second-order valence-electron chi connectivity index (χ2n) is 5.01. The summed E-state index contributed by atoms with van der Waals surface area (Å²) in [6, 6.07) is 5.59. The Labute approximate surface area is 137 Å². The SMILES string of the molecule is COc1ccc(COC[C@H](O)C[NH2+]CCOCCO)cc1OC. The van der Waals surface area contributed by atoms with Crippen molar-refractivity contribution in [2.75, 3.05) is 53.7 Å². The molecule has 0 aromatic heterocycles. The summed E-state index contributed by atoms with van der Waals surface area (Å²) in [5, 5.41) is 20.3. The highest BCUT2D eigenvalue weighted by Gasteiger charge is 2.08. The summed E-state index contributed by atoms with van der Waals surface area (Å²) in [6.45, 7) is 2.90. The molecule has 0 spiro atoms. The van der Waals surface area contributed by atoms with Crippen LogP contribution in [0.25, 0.3) is 0 Å². The van der Waals surface area contributed by atoms with Gasteiger partial charge in [-0.05, 0) is 17.7 Å². The summed E-state index contributed by atoms with van der Waals surface area (Å²) in [7, 11) is 3.18. The summed E-state index contributed by atoms with van der Waals surface area (Å²) in [4.78, 5) is 0. The fourth-order valence-electron chi connectivity index (χ4n) is 1.99. The third kappa shape index (κ3) is 8.15. The minimum Gasteiger partial charge on any atom is -0.493 e. The van der Waals surface area contributed by atoms with E-state index in [4.69, 9.17) is 24.1 Å². The molecule has 1 aromatic carbocycles. The lowest BCUT2D eigenvalue weighted by Gasteiger charge is -2.12. The van der Waals surface area contributed by atoms with E-state index >= 15 is 0 Å². The zero-order chi connectivity index (χ0) is 16.9. The van der Waals surface area contributed by atoms with E-state index in [1.807, 2.05) is 23.5 Å². The maximum absolute atomic E-state index is 9.83. The predicted octanol–water partition coefficient (Wildman–Crippen LogP) is -0.846. The summed E-state index contributed by atoms with van der Waals surface area (Å²) in [5.41, 5.74) is 0.955. The average molecular weight is 330 g/mol. The zero-order valence-corrected chi connectivity index (χ0v) is 13.9. The van der Waals surface area contributed by atoms with E-state index in [1.165, 1.54) is 0 Å². The number of rotatable bonds is 13. The van der Waals surface area contributed by atoms with Crippen molar-refractivity contribution in [2.45, 2.75) is 12.7 Å². The van der Waals surface area contributed by atoms with Crippen molar-refractivity contribution in [3.05, 3.63) is 23.8 Å². The topological polar surface area (TPSA) is 94.0 Å². The third-order valence-electron chi connectivity index (χ3n) is 3.17. The van der Waals surface area contributed by atoms with Crippen LogP contribution in [0.15, 0.2) is 18.2 Å². The van der Waals surface area contributed by atoms with Crippen molar-refractivity contribution < 1.29 is 34.5 Å². The van der Waals surface area contributed by atoms with Crippen LogP contribution in [0, 0.1) is 0 Å². The van der Waals surface area contributed by atoms with Gasteiger partial charge in [-0.25, -0.2) is 0 Å². The van der Waals surface area contributed by atoms with Crippen LogP contribution in [0.2, 0.25) is 0 Å². The Bertz CT molecular complexity index is 429. The molecular weight excluding hydrogens is 302 g/mol. The maximum Gasteiger partial charge on any atom is 0.161 e. The minimum atomic E-state index is -0.534. The molecule has 0 saturated carbocycles. The first-order valence-electron chi connectivity index (χ1n) is 7.68. The van der Waals surface area contributed by atoms with E-state index in [-0.39, 0.29) is 13.2 Å². The van der Waals surface area contributed by atoms with Crippen molar-refractivity contribution in [1.29, 1.82) is 0 Å². The van der Waals surface area contributed by atoms with Gasteiger partial charge in [0.2, 0.25) is 0 Å². The van der Waals surface area contributed by atoms with Crippen LogP contribution in [0.4, 0.5) is 0 Å². The Hall–Kier alpha value is -1.38. The summed E-state index contributed by atoms with van der Waals surface area (Å²) >= 11 is 0. The van der Waals surface area contributed by atoms with Gasteiger partial charge < -0.3 is 34.5 Å². The molecule has 0 fully saturated rings. The molecule has 1 atom stereocenters. The molecule has 132 valence electrons. The average Bonchev–Trinajstić information content (AvgIpc) is 2.57. The van der Waals surface area contributed by atoms with Crippen LogP contribution >= 0.6 is 0 Å². The molecule has 0 amide bonds. The molecule has 23 heavy (non-hydrogen) atoms. The number of hydrogen-bond donors (Lipinski definition) is 3. The lowest BCUT2D eigenvalue weighted by atomic mass is 10.2. The number of aliphatic hydroxyl groups is 2. The first-order valence-corrected chi connectivity index (χ1v) is 7.68. The number of aliphatic hydroxyl groups excluding tert-OH is 2. The number of nitrogens with two attached hydrogens (primary N) is 1. The van der Waals surface area contributed by atoms with Crippen molar-refractivity contribution >= 4 is 0 Å². The number of ether oxygens (including phenoxy) is 4. The predicted molar refractivity (Wildman–Crippen MR) is 84.8 cm³/mol. The molecule has 7 heteroatoms. The second kappa shape index (κ2) is 12.1. The Balaban J connectivity index is 2.18. The van der Waals surface area contributed by atoms with Crippen LogP contribution < -0.4 is 14.8 Å². The highest BCUT2D eigenvalue weighted by Crippen LogP contribution is 2.27. The van der Waals surface area contributed by atoms with Crippen molar-refractivity contribution in [1.82, 2.24) is 0 Å². The van der Waals surface area contributed by atoms with Crippen molar-refractivity contribution in [3.8, 4) is 11.5 Å². The number of hydrogen-bond acceptors (Lipinski definition) is 6. The van der Waals surface area contributed by atoms with Crippen LogP contribution in [0.5, 0.6) is 11.5 Å². The molecule has 0 aliphatic rings. The van der Waals surface area contributed by atoms with Gasteiger partial charge in [0.05, 0.1) is 53.8 Å². The summed E-state index contributed by atoms with van der Waals surface area (Å²) in [6.07, 6.45) is -0.534. The number of methoxy groups -OCH3 is 2. The molecule has 0 unspecified atom stereocenters. The van der Waals surface area contributed by atoms with Gasteiger partial charge in [0.25, 0.3) is 0 Å². The fraction of sp³-hybridized carbons (Fsp3) is 0.625. The summed E-state index contributed by atoms with van der Waals surface area (Å²) in [5.74, 6) is 1.33. The Morgan fingerprint density at radius 3 is 2.57 bits per heavy atom. The van der Waals surface area contributed by atoms with Gasteiger partial charge >= 0.3 is 0 Å². The van der Waals surface area contributed by atoms with Gasteiger partial charge in [-0.2, -0.15) is 0 Å². The molecule has 1 rings (SSSR count). The van der Waals surface area contributed by atoms with Gasteiger partial charge in [0, 0.05) is 0 Å². The smallest absolute Gasteiger partial charge is 0.161 e. The Kier molecular flexibility index (Phi) is 10.3. The normalized spacial score (nSPS) is 12.2. The van der Waals surface area contributed by atoms with E-state index < -0.39 is 6.10 Å². The molecule has 0 aliphatic heterocycles. The summed E-state index contributed by atoms with van der Waals surface area (Å²) < 4.78 is 21.1. The molecular formula is C16H28NO6+. The molecule has 1 aromatic rings. The van der Waals surface area contributed by atoms with Gasteiger partial charge in [0.15, 0.2) is 11.5 Å². The maximum atomic E-state index is 9.83. The van der Waals surface area contributed by atoms with Gasteiger partial charge in [0.1, 0.15) is 12.6 Å². The van der Waals surface area contributed by atoms with E-state index in [2.05, 4.69) is 0 Å². The fourth-order valence-corrected chi connectivity index (χ4v) is 1.99. The van der Waals surface area contributed by atoms with Crippen molar-refractivity contribution in [2.24, 2.45) is 0 Å². The van der Waals surface area contributed by atoms with Crippen LogP contribution in [0.1, 0.15) is 5.56 Å². The molecule has 0 radical (unpaired) electrons. The van der Waals surface area contributed by atoms with Crippen molar-refractivity contribution in [3.63, 3.8) is 0 Å². The van der Waals surface area contributed by atoms with Gasteiger partial charge in [-0.1, -0.05) is 6.07 Å². The van der Waals surface area contributed by atoms with Crippen LogP contribution in [-0.2, 0) is 16.1 Å². The first kappa shape index (κ1) is 19.7. The first-order chi connectivity index (χ1) is 11.2. The molecule has 0 heterocycles. The number of benzene rings is 1. The molecule has 0 bridgehead atoms. The largest absolute Gasteiger partial charge is 0.493 e. The van der Waals surface area contributed by atoms with Gasteiger partial charge in [-0.15, -0.1) is 0 Å². The quantitative estimate of drug-likeness (QED) is 0.408. The molecule has 0 saturated heterocycles. The van der Waals surface area contributed by atoms with Crippen LogP contribution in [0.3, 0.4) is 0 Å². The molecule has 4 N–H and O–H groups in total. The highest BCUT2D eigenvalue weighted by atomic mass is 16.5. The highest BCUT2D eigenvalue weighted by molar-refractivity contribution is 5.42. The van der Waals surface area contributed by atoms with E-state index in [9.17, 15) is 5.11 Å². The Morgan fingerprint density at radius 2 is 1.87 bits per heavy atom.